The molecule has 0 unspecified atom stereocenters. The average molecular weight is 531 g/mol. The predicted octanol–water partition coefficient (Wildman–Crippen LogP) is 5.23. The Morgan fingerprint density at radius 3 is 2.57 bits per heavy atom. The number of thiazole rings is 1. The number of amides is 1. The summed E-state index contributed by atoms with van der Waals surface area (Å²) < 4.78 is 44.9. The summed E-state index contributed by atoms with van der Waals surface area (Å²) in [6, 6.07) is 12.5. The number of anilines is 1. The van der Waals surface area contributed by atoms with Crippen molar-refractivity contribution in [1.82, 2.24) is 14.9 Å². The van der Waals surface area contributed by atoms with Crippen molar-refractivity contribution in [2.75, 3.05) is 39.2 Å². The number of hydrogen-bond acceptors (Lipinski definition) is 6. The van der Waals surface area contributed by atoms with E-state index in [0.717, 1.165) is 39.9 Å². The van der Waals surface area contributed by atoms with E-state index in [0.29, 0.717) is 16.4 Å². The van der Waals surface area contributed by atoms with Crippen LogP contribution in [-0.4, -0.2) is 61.0 Å². The van der Waals surface area contributed by atoms with Crippen LogP contribution in [-0.2, 0) is 22.1 Å². The normalized spacial score (nSPS) is 11.5. The molecule has 0 aliphatic carbocycles. The van der Waals surface area contributed by atoms with Crippen LogP contribution in [0.25, 0.3) is 21.3 Å². The van der Waals surface area contributed by atoms with E-state index in [1.807, 2.05) is 30.5 Å². The quantitative estimate of drug-likeness (QED) is 0.316. The van der Waals surface area contributed by atoms with Crippen LogP contribution in [0, 0.1) is 0 Å². The number of hydrogen-bond donors (Lipinski definition) is 1. The molecule has 0 saturated carbocycles. The summed E-state index contributed by atoms with van der Waals surface area (Å²) in [6.07, 6.45) is -2.24. The van der Waals surface area contributed by atoms with Gasteiger partial charge in [0.05, 0.1) is 17.6 Å². The van der Waals surface area contributed by atoms with Gasteiger partial charge >= 0.3 is 12.1 Å². The molecule has 7 nitrogen and oxygen atoms in total. The topological polar surface area (TPSA) is 78.5 Å². The minimum atomic E-state index is -4.54. The Kier molecular flexibility index (Phi) is 7.53. The van der Waals surface area contributed by atoms with Crippen LogP contribution in [0.3, 0.4) is 0 Å². The highest BCUT2D eigenvalue weighted by Gasteiger charge is 2.32. The molecule has 0 aliphatic rings. The van der Waals surface area contributed by atoms with Gasteiger partial charge < -0.3 is 19.5 Å². The van der Waals surface area contributed by atoms with Crippen molar-refractivity contribution in [3.8, 4) is 10.4 Å². The lowest BCUT2D eigenvalue weighted by Gasteiger charge is -2.21. The highest BCUT2D eigenvalue weighted by Crippen LogP contribution is 2.38. The fourth-order valence-corrected chi connectivity index (χ4v) is 4.87. The average Bonchev–Trinajstić information content (AvgIpc) is 3.50. The smallest absolute Gasteiger partial charge is 0.416 e. The van der Waals surface area contributed by atoms with Crippen LogP contribution < -0.4 is 4.90 Å². The van der Waals surface area contributed by atoms with Crippen molar-refractivity contribution >= 4 is 39.2 Å². The fraction of sp³-hybridized carbons (Fsp3) is 0.269. The zero-order chi connectivity index (χ0) is 26.7. The minimum Gasteiger partial charge on any atom is -0.468 e. The molecule has 0 aliphatic heterocycles. The van der Waals surface area contributed by atoms with Gasteiger partial charge in [0.1, 0.15) is 12.2 Å². The number of carbonyl (C=O) groups is 2. The van der Waals surface area contributed by atoms with E-state index in [9.17, 15) is 22.8 Å². The van der Waals surface area contributed by atoms with Crippen molar-refractivity contribution in [2.24, 2.45) is 0 Å². The number of fused-ring (bicyclic) bond motifs is 1. The molecular weight excluding hydrogens is 505 g/mol. The summed E-state index contributed by atoms with van der Waals surface area (Å²) in [6.45, 7) is -0.152. The molecule has 0 saturated heterocycles. The second-order valence-corrected chi connectivity index (χ2v) is 9.54. The molecule has 0 bridgehead atoms. The Morgan fingerprint density at radius 1 is 1.11 bits per heavy atom. The second kappa shape index (κ2) is 10.6. The molecular formula is C26H25F3N4O3S. The van der Waals surface area contributed by atoms with E-state index < -0.39 is 23.6 Å². The fourth-order valence-electron chi connectivity index (χ4n) is 3.89. The lowest BCUT2D eigenvalue weighted by molar-refractivity contribution is -0.141. The molecule has 1 N–H and O–H groups in total. The predicted molar refractivity (Wildman–Crippen MR) is 137 cm³/mol. The molecule has 194 valence electrons. The molecule has 37 heavy (non-hydrogen) atoms. The lowest BCUT2D eigenvalue weighted by atomic mass is 10.1. The number of alkyl halides is 3. The van der Waals surface area contributed by atoms with E-state index in [1.165, 1.54) is 24.1 Å². The van der Waals surface area contributed by atoms with Crippen molar-refractivity contribution in [1.29, 1.82) is 0 Å². The van der Waals surface area contributed by atoms with Gasteiger partial charge in [0.25, 0.3) is 5.91 Å². The molecule has 0 spiro atoms. The molecule has 0 atom stereocenters. The van der Waals surface area contributed by atoms with E-state index in [1.54, 1.807) is 19.0 Å². The third-order valence-electron chi connectivity index (χ3n) is 5.81. The number of methoxy groups -OCH3 is 1. The highest BCUT2D eigenvalue weighted by atomic mass is 32.1. The van der Waals surface area contributed by atoms with Gasteiger partial charge in [-0.3, -0.25) is 9.59 Å². The van der Waals surface area contributed by atoms with Gasteiger partial charge in [-0.05, 0) is 35.7 Å². The van der Waals surface area contributed by atoms with Gasteiger partial charge in [0.15, 0.2) is 5.13 Å². The third-order valence-corrected chi connectivity index (χ3v) is 7.09. The molecule has 1 amide bonds. The Labute approximate surface area is 215 Å². The first kappa shape index (κ1) is 26.2. The molecule has 4 rings (SSSR count). The molecule has 11 heteroatoms. The Balaban J connectivity index is 1.70. The maximum absolute atomic E-state index is 13.7. The van der Waals surface area contributed by atoms with Crippen LogP contribution in [0.15, 0.2) is 54.7 Å². The van der Waals surface area contributed by atoms with Gasteiger partial charge in [-0.2, -0.15) is 13.2 Å². The number of para-hydroxylation sites is 1. The number of nitrogens with one attached hydrogen (secondary N) is 1. The van der Waals surface area contributed by atoms with Gasteiger partial charge in [0, 0.05) is 37.7 Å². The van der Waals surface area contributed by atoms with Crippen molar-refractivity contribution < 1.29 is 27.5 Å². The van der Waals surface area contributed by atoms with E-state index in [2.05, 4.69) is 9.97 Å². The van der Waals surface area contributed by atoms with E-state index in [-0.39, 0.29) is 24.3 Å². The van der Waals surface area contributed by atoms with Crippen molar-refractivity contribution in [2.45, 2.75) is 12.6 Å². The first-order valence-corrected chi connectivity index (χ1v) is 12.2. The SMILES string of the molecule is COC(=O)CN(CCc1c[nH]c2ccccc12)C(=O)c1nc(N(C)C)sc1-c1cccc(C(F)(F)F)c1. The first-order valence-electron chi connectivity index (χ1n) is 11.4. The van der Waals surface area contributed by atoms with Crippen LogP contribution in [0.5, 0.6) is 0 Å². The van der Waals surface area contributed by atoms with Crippen LogP contribution >= 0.6 is 11.3 Å². The maximum Gasteiger partial charge on any atom is 0.416 e. The molecule has 4 aromatic rings. The largest absolute Gasteiger partial charge is 0.468 e. The third kappa shape index (κ3) is 5.77. The van der Waals surface area contributed by atoms with Crippen molar-refractivity contribution in [3.63, 3.8) is 0 Å². The zero-order valence-corrected chi connectivity index (χ0v) is 21.2. The van der Waals surface area contributed by atoms with Crippen LogP contribution in [0.1, 0.15) is 21.6 Å². The maximum atomic E-state index is 13.7. The van der Waals surface area contributed by atoms with Crippen LogP contribution in [0.4, 0.5) is 18.3 Å². The van der Waals surface area contributed by atoms with Crippen LogP contribution in [0.2, 0.25) is 0 Å². The number of aromatic amines is 1. The van der Waals surface area contributed by atoms with Crippen molar-refractivity contribution in [3.05, 3.63) is 71.5 Å². The number of aromatic nitrogens is 2. The summed E-state index contributed by atoms with van der Waals surface area (Å²) in [7, 11) is 4.68. The summed E-state index contributed by atoms with van der Waals surface area (Å²) in [5, 5.41) is 1.45. The summed E-state index contributed by atoms with van der Waals surface area (Å²) in [5.41, 5.74) is 1.29. The number of rotatable bonds is 8. The number of H-pyrrole nitrogens is 1. The van der Waals surface area contributed by atoms with Gasteiger partial charge in [-0.1, -0.05) is 41.7 Å². The number of ether oxygens (including phenoxy) is 1. The Bertz CT molecular complexity index is 1430. The van der Waals surface area contributed by atoms with Gasteiger partial charge in [0.2, 0.25) is 0 Å². The molecule has 0 radical (unpaired) electrons. The summed E-state index contributed by atoms with van der Waals surface area (Å²) in [5.74, 6) is -1.18. The summed E-state index contributed by atoms with van der Waals surface area (Å²) in [4.78, 5) is 36.8. The standard InChI is InChI=1S/C26H25F3N4O3S/c1-32(2)25-31-22(23(37-25)16-7-6-8-18(13-16)26(27,28)29)24(35)33(15-21(34)36-3)12-11-17-14-30-20-10-5-4-9-19(17)20/h4-10,13-14,30H,11-12,15H2,1-3H3. The zero-order valence-electron chi connectivity index (χ0n) is 20.4. The molecule has 2 aromatic carbocycles. The van der Waals surface area contributed by atoms with Gasteiger partial charge in [-0.15, -0.1) is 0 Å². The number of halogens is 3. The molecule has 2 heterocycles. The number of carbonyl (C=O) groups excluding carboxylic acids is 2. The first-order chi connectivity index (χ1) is 17.6. The van der Waals surface area contributed by atoms with E-state index >= 15 is 0 Å². The molecule has 2 aromatic heterocycles. The summed E-state index contributed by atoms with van der Waals surface area (Å²) >= 11 is 1.11. The lowest BCUT2D eigenvalue weighted by Crippen LogP contribution is -2.38. The minimum absolute atomic E-state index is 0.0177. The van der Waals surface area contributed by atoms with E-state index in [4.69, 9.17) is 4.74 Å². The number of benzene rings is 2. The Morgan fingerprint density at radius 2 is 1.86 bits per heavy atom. The second-order valence-electron chi connectivity index (χ2n) is 8.56. The molecule has 0 fully saturated rings. The number of nitrogens with zero attached hydrogens (tertiary/aromatic N) is 3. The number of esters is 1. The monoisotopic (exact) mass is 530 g/mol. The van der Waals surface area contributed by atoms with Gasteiger partial charge in [-0.25, -0.2) is 4.98 Å². The highest BCUT2D eigenvalue weighted by molar-refractivity contribution is 7.19. The Hall–Kier alpha value is -3.86.